The second kappa shape index (κ2) is 9.66. The SMILES string of the molecule is COc1ccc2[nH]cc(CCN3C(=O)C(=O)C(=C(O)c4ccc(Br)cc4)[C@@H]3c3ccc(C)cc3)c2c1. The van der Waals surface area contributed by atoms with E-state index in [-0.39, 0.29) is 11.3 Å². The lowest BCUT2D eigenvalue weighted by Gasteiger charge is -2.25. The van der Waals surface area contributed by atoms with Gasteiger partial charge in [0.15, 0.2) is 0 Å². The van der Waals surface area contributed by atoms with Crippen LogP contribution in [-0.4, -0.2) is 40.3 Å². The van der Waals surface area contributed by atoms with Crippen molar-refractivity contribution in [1.29, 1.82) is 0 Å². The molecule has 182 valence electrons. The number of nitrogens with zero attached hydrogens (tertiary/aromatic N) is 1. The number of benzene rings is 3. The first-order chi connectivity index (χ1) is 17.4. The number of aromatic nitrogens is 1. The van der Waals surface area contributed by atoms with E-state index in [0.29, 0.717) is 18.5 Å². The van der Waals surface area contributed by atoms with Crippen LogP contribution in [0.1, 0.15) is 28.3 Å². The van der Waals surface area contributed by atoms with Gasteiger partial charge in [-0.1, -0.05) is 57.9 Å². The van der Waals surface area contributed by atoms with Crippen LogP contribution < -0.4 is 4.74 Å². The molecule has 6 nitrogen and oxygen atoms in total. The summed E-state index contributed by atoms with van der Waals surface area (Å²) in [5, 5.41) is 12.2. The zero-order valence-corrected chi connectivity index (χ0v) is 21.5. The number of carbonyl (C=O) groups excluding carboxylic acids is 2. The van der Waals surface area contributed by atoms with Crippen molar-refractivity contribution in [3.63, 3.8) is 0 Å². The first kappa shape index (κ1) is 23.9. The minimum absolute atomic E-state index is 0.103. The van der Waals surface area contributed by atoms with E-state index in [2.05, 4.69) is 20.9 Å². The minimum atomic E-state index is -0.686. The van der Waals surface area contributed by atoms with Crippen molar-refractivity contribution in [2.45, 2.75) is 19.4 Å². The van der Waals surface area contributed by atoms with Gasteiger partial charge in [0, 0.05) is 33.7 Å². The molecule has 1 atom stereocenters. The fourth-order valence-electron chi connectivity index (χ4n) is 4.70. The Balaban J connectivity index is 1.55. The molecule has 0 saturated carbocycles. The number of carbonyl (C=O) groups is 2. The van der Waals surface area contributed by atoms with Crippen molar-refractivity contribution in [1.82, 2.24) is 9.88 Å². The number of hydrogen-bond acceptors (Lipinski definition) is 4. The van der Waals surface area contributed by atoms with E-state index >= 15 is 0 Å². The zero-order valence-electron chi connectivity index (χ0n) is 19.9. The predicted octanol–water partition coefficient (Wildman–Crippen LogP) is 5.91. The van der Waals surface area contributed by atoms with Gasteiger partial charge in [-0.05, 0) is 54.8 Å². The van der Waals surface area contributed by atoms with Gasteiger partial charge in [-0.25, -0.2) is 0 Å². The summed E-state index contributed by atoms with van der Waals surface area (Å²) >= 11 is 3.39. The molecule has 0 spiro atoms. The summed E-state index contributed by atoms with van der Waals surface area (Å²) in [4.78, 5) is 31.4. The molecule has 2 N–H and O–H groups in total. The van der Waals surface area contributed by atoms with Gasteiger partial charge in [0.1, 0.15) is 11.5 Å². The van der Waals surface area contributed by atoms with Crippen LogP contribution in [0.5, 0.6) is 5.75 Å². The highest BCUT2D eigenvalue weighted by molar-refractivity contribution is 9.10. The molecule has 1 saturated heterocycles. The van der Waals surface area contributed by atoms with Gasteiger partial charge >= 0.3 is 0 Å². The van der Waals surface area contributed by atoms with Crippen molar-refractivity contribution in [2.24, 2.45) is 0 Å². The average Bonchev–Trinajstić information content (AvgIpc) is 3.40. The van der Waals surface area contributed by atoms with Gasteiger partial charge in [0.25, 0.3) is 11.7 Å². The number of aliphatic hydroxyl groups excluding tert-OH is 1. The van der Waals surface area contributed by atoms with Gasteiger partial charge in [0.05, 0.1) is 18.7 Å². The van der Waals surface area contributed by atoms with Gasteiger partial charge in [-0.15, -0.1) is 0 Å². The smallest absolute Gasteiger partial charge is 0.295 e. The summed E-state index contributed by atoms with van der Waals surface area (Å²) in [6.45, 7) is 2.29. The largest absolute Gasteiger partial charge is 0.507 e. The molecule has 0 aliphatic carbocycles. The molecule has 7 heteroatoms. The Labute approximate surface area is 217 Å². The van der Waals surface area contributed by atoms with Crippen LogP contribution in [0.15, 0.2) is 83.0 Å². The Kier molecular flexibility index (Phi) is 6.41. The van der Waals surface area contributed by atoms with E-state index in [4.69, 9.17) is 4.74 Å². The van der Waals surface area contributed by atoms with E-state index < -0.39 is 17.7 Å². The van der Waals surface area contributed by atoms with Crippen LogP contribution in [0.25, 0.3) is 16.7 Å². The third-order valence-corrected chi connectivity index (χ3v) is 7.18. The van der Waals surface area contributed by atoms with Crippen molar-refractivity contribution < 1.29 is 19.4 Å². The number of aryl methyl sites for hydroxylation is 1. The molecular formula is C29H25BrN2O4. The molecule has 1 amide bonds. The highest BCUT2D eigenvalue weighted by Gasteiger charge is 2.45. The van der Waals surface area contributed by atoms with Crippen molar-refractivity contribution in [2.75, 3.05) is 13.7 Å². The van der Waals surface area contributed by atoms with Crippen LogP contribution in [0, 0.1) is 6.92 Å². The number of aliphatic hydroxyl groups is 1. The minimum Gasteiger partial charge on any atom is -0.507 e. The first-order valence-corrected chi connectivity index (χ1v) is 12.4. The first-order valence-electron chi connectivity index (χ1n) is 11.6. The Bertz CT molecular complexity index is 1490. The van der Waals surface area contributed by atoms with Gasteiger partial charge in [-0.2, -0.15) is 0 Å². The van der Waals surface area contributed by atoms with Crippen LogP contribution in [0.4, 0.5) is 0 Å². The van der Waals surface area contributed by atoms with Gasteiger partial charge in [-0.3, -0.25) is 9.59 Å². The molecule has 5 rings (SSSR count). The highest BCUT2D eigenvalue weighted by atomic mass is 79.9. The second-order valence-corrected chi connectivity index (χ2v) is 9.80. The molecule has 1 aromatic heterocycles. The molecule has 3 aromatic carbocycles. The number of nitrogens with one attached hydrogen (secondary N) is 1. The molecule has 1 aliphatic heterocycles. The number of H-pyrrole nitrogens is 1. The summed E-state index contributed by atoms with van der Waals surface area (Å²) in [5.41, 5.74) is 4.42. The maximum absolute atomic E-state index is 13.3. The number of Topliss-reactive ketones (excluding diaryl/α,β-unsaturated/α-hetero) is 1. The lowest BCUT2D eigenvalue weighted by atomic mass is 9.94. The highest BCUT2D eigenvalue weighted by Crippen LogP contribution is 2.40. The number of hydrogen-bond donors (Lipinski definition) is 2. The fraction of sp³-hybridized carbons (Fsp3) is 0.172. The number of aromatic amines is 1. The predicted molar refractivity (Wildman–Crippen MR) is 143 cm³/mol. The van der Waals surface area contributed by atoms with Crippen molar-refractivity contribution in [3.8, 4) is 5.75 Å². The maximum atomic E-state index is 13.3. The Morgan fingerprint density at radius 2 is 1.78 bits per heavy atom. The molecule has 36 heavy (non-hydrogen) atoms. The van der Waals surface area contributed by atoms with E-state index in [9.17, 15) is 14.7 Å². The van der Waals surface area contributed by atoms with Crippen LogP contribution in [0.2, 0.25) is 0 Å². The third kappa shape index (κ3) is 4.31. The standard InChI is InChI=1S/C29H25BrN2O4/c1-17-3-5-18(6-4-17)26-25(27(33)19-7-9-21(30)10-8-19)28(34)29(35)32(26)14-13-20-16-31-24-12-11-22(36-2)15-23(20)24/h3-12,15-16,26,31,33H,13-14H2,1-2H3/t26-/m0/s1. The topological polar surface area (TPSA) is 82.6 Å². The third-order valence-electron chi connectivity index (χ3n) is 6.65. The average molecular weight is 545 g/mol. The number of halogens is 1. The number of likely N-dealkylation sites (tertiary alicyclic amines) is 1. The second-order valence-electron chi connectivity index (χ2n) is 8.89. The summed E-state index contributed by atoms with van der Waals surface area (Å²) < 4.78 is 6.22. The summed E-state index contributed by atoms with van der Waals surface area (Å²) in [6.07, 6.45) is 2.45. The number of ketones is 1. The number of amides is 1. The van der Waals surface area contributed by atoms with Gasteiger partial charge < -0.3 is 19.7 Å². The molecule has 4 aromatic rings. The normalized spacial score (nSPS) is 17.2. The van der Waals surface area contributed by atoms with E-state index in [1.54, 1.807) is 36.3 Å². The summed E-state index contributed by atoms with van der Waals surface area (Å²) in [6, 6.07) is 19.8. The molecule has 0 radical (unpaired) electrons. The van der Waals surface area contributed by atoms with E-state index in [0.717, 1.165) is 37.8 Å². The number of methoxy groups -OCH3 is 1. The summed E-state index contributed by atoms with van der Waals surface area (Å²) in [7, 11) is 1.62. The molecule has 1 fully saturated rings. The summed E-state index contributed by atoms with van der Waals surface area (Å²) in [5.74, 6) is -0.720. The van der Waals surface area contributed by atoms with Crippen LogP contribution in [-0.2, 0) is 16.0 Å². The molecule has 1 aliphatic rings. The monoisotopic (exact) mass is 544 g/mol. The maximum Gasteiger partial charge on any atom is 0.295 e. The van der Waals surface area contributed by atoms with Crippen molar-refractivity contribution >= 4 is 44.3 Å². The van der Waals surface area contributed by atoms with E-state index in [1.165, 1.54) is 0 Å². The lowest BCUT2D eigenvalue weighted by molar-refractivity contribution is -0.139. The molecular weight excluding hydrogens is 520 g/mol. The number of fused-ring (bicyclic) bond motifs is 1. The lowest BCUT2D eigenvalue weighted by Crippen LogP contribution is -2.31. The molecule has 2 heterocycles. The Hall–Kier alpha value is -3.84. The molecule has 0 unspecified atom stereocenters. The molecule has 0 bridgehead atoms. The number of rotatable bonds is 6. The van der Waals surface area contributed by atoms with Crippen LogP contribution in [0.3, 0.4) is 0 Å². The zero-order chi connectivity index (χ0) is 25.4. The van der Waals surface area contributed by atoms with Crippen molar-refractivity contribution in [3.05, 3.63) is 105 Å². The Morgan fingerprint density at radius 1 is 1.06 bits per heavy atom. The van der Waals surface area contributed by atoms with E-state index in [1.807, 2.05) is 55.6 Å². The fourth-order valence-corrected chi connectivity index (χ4v) is 4.97. The number of ether oxygens (including phenoxy) is 1. The van der Waals surface area contributed by atoms with Gasteiger partial charge in [0.2, 0.25) is 0 Å². The Morgan fingerprint density at radius 3 is 2.47 bits per heavy atom. The quantitative estimate of drug-likeness (QED) is 0.179. The van der Waals surface area contributed by atoms with Crippen LogP contribution >= 0.6 is 15.9 Å².